The van der Waals surface area contributed by atoms with E-state index in [2.05, 4.69) is 0 Å². The summed E-state index contributed by atoms with van der Waals surface area (Å²) in [6.07, 6.45) is 0.952. The summed E-state index contributed by atoms with van der Waals surface area (Å²) in [5.41, 5.74) is 2.20. The summed E-state index contributed by atoms with van der Waals surface area (Å²) in [6.45, 7) is 3.20. The lowest BCUT2D eigenvalue weighted by Gasteiger charge is -2.32. The van der Waals surface area contributed by atoms with Crippen molar-refractivity contribution in [2.24, 2.45) is 5.92 Å². The molecule has 2 rings (SSSR count). The number of hydrogen-bond donors (Lipinski definition) is 2. The topological polar surface area (TPSA) is 95.9 Å². The first-order valence-corrected chi connectivity index (χ1v) is 12.0. The van der Waals surface area contributed by atoms with Crippen LogP contribution in [0.2, 0.25) is 5.02 Å². The quantitative estimate of drug-likeness (QED) is 0.266. The van der Waals surface area contributed by atoms with Crippen molar-refractivity contribution in [3.63, 3.8) is 0 Å². The zero-order chi connectivity index (χ0) is 23.7. The lowest BCUT2D eigenvalue weighted by Crippen LogP contribution is -2.51. The Kier molecular flexibility index (Phi) is 9.89. The molecule has 0 spiro atoms. The number of carbonyl (C=O) groups excluding carboxylic acids is 1. The van der Waals surface area contributed by atoms with Crippen LogP contribution in [0.15, 0.2) is 53.4 Å². The second kappa shape index (κ2) is 12.2. The molecule has 0 aliphatic rings. The van der Waals surface area contributed by atoms with Crippen molar-refractivity contribution in [1.82, 2.24) is 9.79 Å². The lowest BCUT2D eigenvalue weighted by atomic mass is 10.0. The van der Waals surface area contributed by atoms with E-state index in [1.54, 1.807) is 43.6 Å². The predicted molar refractivity (Wildman–Crippen MR) is 120 cm³/mol. The van der Waals surface area contributed by atoms with Gasteiger partial charge in [-0.2, -0.15) is 4.31 Å². The summed E-state index contributed by atoms with van der Waals surface area (Å²) in [4.78, 5) is 12.4. The van der Waals surface area contributed by atoms with Crippen LogP contribution in [-0.2, 0) is 21.4 Å². The van der Waals surface area contributed by atoms with Crippen LogP contribution in [0.5, 0.6) is 5.75 Å². The van der Waals surface area contributed by atoms with Crippen molar-refractivity contribution in [3.8, 4) is 5.75 Å². The number of ether oxygens (including phenoxy) is 1. The van der Waals surface area contributed by atoms with Gasteiger partial charge in [-0.15, -0.1) is 0 Å². The minimum absolute atomic E-state index is 0.0287. The molecule has 0 bridgehead atoms. The third-order valence-electron chi connectivity index (χ3n) is 4.80. The Labute approximate surface area is 193 Å². The van der Waals surface area contributed by atoms with Crippen molar-refractivity contribution in [2.45, 2.75) is 44.2 Å². The molecular weight excluding hydrogens is 459 g/mol. The summed E-state index contributed by atoms with van der Waals surface area (Å²) in [6, 6.07) is 11.3. The normalized spacial score (nSPS) is 12.7. The molecule has 0 aliphatic heterocycles. The van der Waals surface area contributed by atoms with E-state index in [0.717, 1.165) is 4.31 Å². The summed E-state index contributed by atoms with van der Waals surface area (Å²) in [5, 5.41) is 9.72. The molecule has 0 saturated heterocycles. The smallest absolute Gasteiger partial charge is 0.262 e. The van der Waals surface area contributed by atoms with E-state index in [0.29, 0.717) is 35.8 Å². The predicted octanol–water partition coefficient (Wildman–Crippen LogP) is 4.19. The standard InChI is InChI=1S/C22H28ClFN2O5S/c1-16(2)21(22(27)25-28)26(15-17-5-7-18(23)8-6-17)32(29,30)20-11-9-19(10-12-20)31-14-4-3-13-24/h5-12,16,21,28H,3-4,13-15H2,1-2H3,(H,25,27). The molecule has 0 saturated carbocycles. The number of amides is 1. The first-order chi connectivity index (χ1) is 15.2. The Morgan fingerprint density at radius 3 is 2.28 bits per heavy atom. The molecule has 7 nitrogen and oxygen atoms in total. The average Bonchev–Trinajstić information content (AvgIpc) is 2.77. The van der Waals surface area contributed by atoms with E-state index in [1.165, 1.54) is 24.3 Å². The van der Waals surface area contributed by atoms with Gasteiger partial charge in [0.05, 0.1) is 18.2 Å². The fraction of sp³-hybridized carbons (Fsp3) is 0.409. The molecule has 2 aromatic rings. The number of rotatable bonds is 12. The maximum atomic E-state index is 13.5. The van der Waals surface area contributed by atoms with Gasteiger partial charge in [0.2, 0.25) is 10.0 Å². The van der Waals surface area contributed by atoms with E-state index < -0.39 is 34.6 Å². The molecule has 2 N–H and O–H groups in total. The van der Waals surface area contributed by atoms with E-state index >= 15 is 0 Å². The zero-order valence-corrected chi connectivity index (χ0v) is 19.6. The van der Waals surface area contributed by atoms with Gasteiger partial charge in [-0.3, -0.25) is 14.4 Å². The van der Waals surface area contributed by atoms with Crippen molar-refractivity contribution in [2.75, 3.05) is 13.3 Å². The van der Waals surface area contributed by atoms with Gasteiger partial charge in [-0.25, -0.2) is 13.9 Å². The van der Waals surface area contributed by atoms with E-state index in [-0.39, 0.29) is 11.4 Å². The first kappa shape index (κ1) is 26.1. The van der Waals surface area contributed by atoms with Gasteiger partial charge in [-0.05, 0) is 60.7 Å². The molecule has 1 unspecified atom stereocenters. The van der Waals surface area contributed by atoms with Crippen LogP contribution in [0.3, 0.4) is 0 Å². The second-order valence-corrected chi connectivity index (χ2v) is 9.88. The molecule has 0 radical (unpaired) electrons. The number of benzene rings is 2. The average molecular weight is 487 g/mol. The molecule has 2 aromatic carbocycles. The molecular formula is C22H28ClFN2O5S. The Morgan fingerprint density at radius 2 is 1.75 bits per heavy atom. The van der Waals surface area contributed by atoms with Crippen molar-refractivity contribution in [1.29, 1.82) is 0 Å². The number of nitrogens with one attached hydrogen (secondary N) is 1. The SMILES string of the molecule is CC(C)C(C(=O)NO)N(Cc1ccc(Cl)cc1)S(=O)(=O)c1ccc(OCCCCF)cc1. The summed E-state index contributed by atoms with van der Waals surface area (Å²) in [5.74, 6) is -0.798. The van der Waals surface area contributed by atoms with Gasteiger partial charge in [-0.1, -0.05) is 37.6 Å². The van der Waals surface area contributed by atoms with Gasteiger partial charge in [0.15, 0.2) is 0 Å². The lowest BCUT2D eigenvalue weighted by molar-refractivity contribution is -0.134. The number of hydrogen-bond acceptors (Lipinski definition) is 5. The van der Waals surface area contributed by atoms with Crippen LogP contribution in [0.1, 0.15) is 32.3 Å². The Morgan fingerprint density at radius 1 is 1.12 bits per heavy atom. The van der Waals surface area contributed by atoms with E-state index in [9.17, 15) is 22.8 Å². The highest BCUT2D eigenvalue weighted by molar-refractivity contribution is 7.89. The molecule has 32 heavy (non-hydrogen) atoms. The monoisotopic (exact) mass is 486 g/mol. The van der Waals surface area contributed by atoms with E-state index in [1.807, 2.05) is 0 Å². The van der Waals surface area contributed by atoms with Crippen LogP contribution >= 0.6 is 11.6 Å². The van der Waals surface area contributed by atoms with Crippen LogP contribution in [0, 0.1) is 5.92 Å². The molecule has 10 heteroatoms. The highest BCUT2D eigenvalue weighted by atomic mass is 35.5. The summed E-state index contributed by atoms with van der Waals surface area (Å²) >= 11 is 5.93. The van der Waals surface area contributed by atoms with E-state index in [4.69, 9.17) is 16.3 Å². The Balaban J connectivity index is 2.37. The third-order valence-corrected chi connectivity index (χ3v) is 6.89. The van der Waals surface area contributed by atoms with Gasteiger partial charge >= 0.3 is 0 Å². The van der Waals surface area contributed by atoms with Crippen LogP contribution < -0.4 is 10.2 Å². The highest BCUT2D eigenvalue weighted by Crippen LogP contribution is 2.27. The fourth-order valence-electron chi connectivity index (χ4n) is 3.16. The molecule has 1 amide bonds. The number of carbonyl (C=O) groups is 1. The number of hydroxylamine groups is 1. The largest absolute Gasteiger partial charge is 0.494 e. The minimum Gasteiger partial charge on any atom is -0.494 e. The van der Waals surface area contributed by atoms with Crippen molar-refractivity contribution < 1.29 is 27.5 Å². The van der Waals surface area contributed by atoms with Crippen molar-refractivity contribution in [3.05, 3.63) is 59.1 Å². The molecule has 1 atom stereocenters. The highest BCUT2D eigenvalue weighted by Gasteiger charge is 2.38. The number of halogens is 2. The van der Waals surface area contributed by atoms with Gasteiger partial charge in [0.1, 0.15) is 11.8 Å². The Bertz CT molecular complexity index is 969. The third kappa shape index (κ3) is 6.90. The van der Waals surface area contributed by atoms with Crippen LogP contribution in [-0.4, -0.2) is 43.2 Å². The second-order valence-electron chi connectivity index (χ2n) is 7.56. The number of unbranched alkanes of at least 4 members (excludes halogenated alkanes) is 1. The molecule has 0 aliphatic carbocycles. The molecule has 0 fully saturated rings. The van der Waals surface area contributed by atoms with Crippen LogP contribution in [0.25, 0.3) is 0 Å². The van der Waals surface area contributed by atoms with Gasteiger partial charge in [0, 0.05) is 11.6 Å². The number of nitrogens with zero attached hydrogens (tertiary/aromatic N) is 1. The van der Waals surface area contributed by atoms with Gasteiger partial charge < -0.3 is 4.74 Å². The van der Waals surface area contributed by atoms with Crippen LogP contribution in [0.4, 0.5) is 4.39 Å². The number of alkyl halides is 1. The van der Waals surface area contributed by atoms with Gasteiger partial charge in [0.25, 0.3) is 5.91 Å². The molecule has 0 aromatic heterocycles. The first-order valence-electron chi connectivity index (χ1n) is 10.2. The summed E-state index contributed by atoms with van der Waals surface area (Å²) < 4.78 is 45.8. The zero-order valence-electron chi connectivity index (χ0n) is 18.0. The molecule has 176 valence electrons. The maximum Gasteiger partial charge on any atom is 0.262 e. The maximum absolute atomic E-state index is 13.5. The fourth-order valence-corrected chi connectivity index (χ4v) is 5.00. The molecule has 0 heterocycles. The minimum atomic E-state index is -4.13. The Hall–Kier alpha value is -2.20. The number of sulfonamides is 1. The van der Waals surface area contributed by atoms with Crippen molar-refractivity contribution >= 4 is 27.5 Å². The summed E-state index contributed by atoms with van der Waals surface area (Å²) in [7, 11) is -4.13.